The van der Waals surface area contributed by atoms with Gasteiger partial charge in [-0.25, -0.2) is 12.8 Å². The van der Waals surface area contributed by atoms with E-state index in [1.165, 1.54) is 0 Å². The molecule has 0 fully saturated rings. The van der Waals surface area contributed by atoms with Crippen molar-refractivity contribution >= 4 is 14.9 Å². The minimum atomic E-state index is -5.94. The predicted octanol–water partition coefficient (Wildman–Crippen LogP) is 2.67. The second-order valence-corrected chi connectivity index (χ2v) is 7.88. The van der Waals surface area contributed by atoms with Gasteiger partial charge in [-0.3, -0.25) is 4.68 Å². The van der Waals surface area contributed by atoms with Gasteiger partial charge in [0.25, 0.3) is 9.84 Å². The third kappa shape index (κ3) is 2.77. The van der Waals surface area contributed by atoms with Crippen molar-refractivity contribution in [3.63, 3.8) is 0 Å². The second-order valence-electron chi connectivity index (χ2n) is 5.94. The van der Waals surface area contributed by atoms with Crippen molar-refractivity contribution in [2.75, 3.05) is 0 Å². The van der Waals surface area contributed by atoms with Crippen molar-refractivity contribution in [3.8, 4) is 0 Å². The normalized spacial score (nSPS) is 21.2. The van der Waals surface area contributed by atoms with E-state index < -0.39 is 55.0 Å². The average Bonchev–Trinajstić information content (AvgIpc) is 2.88. The van der Waals surface area contributed by atoms with Crippen molar-refractivity contribution in [2.24, 2.45) is 12.2 Å². The molecule has 6 nitrogen and oxygen atoms in total. The Kier molecular flexibility index (Phi) is 4.18. The molecule has 0 aromatic carbocycles. The van der Waals surface area contributed by atoms with Gasteiger partial charge in [0.2, 0.25) is 5.04 Å². The molecule has 1 aliphatic heterocycles. The second kappa shape index (κ2) is 5.35. The lowest BCUT2D eigenvalue weighted by Crippen LogP contribution is -2.43. The molecule has 25 heavy (non-hydrogen) atoms. The number of sulfone groups is 1. The first-order valence-corrected chi connectivity index (χ1v) is 8.17. The molecule has 13 heteroatoms. The zero-order valence-electron chi connectivity index (χ0n) is 13.3. The molecule has 1 unspecified atom stereocenters. The summed E-state index contributed by atoms with van der Waals surface area (Å²) in [5.41, 5.74) is -6.54. The average molecular weight is 393 g/mol. The smallest absolute Gasteiger partial charge is 0.385 e. The molecule has 0 radical (unpaired) electrons. The molecule has 0 spiro atoms. The van der Waals surface area contributed by atoms with Crippen LogP contribution in [-0.2, 0) is 33.2 Å². The van der Waals surface area contributed by atoms with Crippen LogP contribution in [0.15, 0.2) is 5.16 Å². The fourth-order valence-corrected chi connectivity index (χ4v) is 3.63. The highest BCUT2D eigenvalue weighted by molar-refractivity contribution is 8.07. The number of hydrogen-bond acceptors (Lipinski definition) is 5. The highest BCUT2D eigenvalue weighted by atomic mass is 32.2. The Morgan fingerprint density at radius 2 is 1.72 bits per heavy atom. The Bertz CT molecular complexity index is 841. The molecule has 1 aromatic heterocycles. The number of nitrogens with zero attached hydrogens (tertiary/aromatic N) is 3. The fourth-order valence-electron chi connectivity index (χ4n) is 2.16. The summed E-state index contributed by atoms with van der Waals surface area (Å²) < 4.78 is 107. The van der Waals surface area contributed by atoms with Crippen LogP contribution >= 0.6 is 0 Å². The molecule has 0 N–H and O–H groups in total. The molecule has 0 aliphatic carbocycles. The summed E-state index contributed by atoms with van der Waals surface area (Å²) in [6.45, 7) is 2.95. The van der Waals surface area contributed by atoms with E-state index in [0.29, 0.717) is 4.68 Å². The van der Waals surface area contributed by atoms with E-state index in [2.05, 4.69) is 15.1 Å². The van der Waals surface area contributed by atoms with Gasteiger partial charge in [-0.15, -0.1) is 0 Å². The van der Waals surface area contributed by atoms with Crippen LogP contribution in [0.5, 0.6) is 0 Å². The zero-order chi connectivity index (χ0) is 19.6. The van der Waals surface area contributed by atoms with Gasteiger partial charge in [-0.1, -0.05) is 5.16 Å². The summed E-state index contributed by atoms with van der Waals surface area (Å²) in [6, 6.07) is 0. The lowest BCUT2D eigenvalue weighted by Gasteiger charge is -2.21. The summed E-state index contributed by atoms with van der Waals surface area (Å²) >= 11 is 0. The minimum Gasteiger partial charge on any atom is -0.385 e. The molecule has 1 atom stereocenters. The molecule has 1 aromatic rings. The molecule has 0 amide bonds. The largest absolute Gasteiger partial charge is 0.435 e. The van der Waals surface area contributed by atoms with Crippen molar-refractivity contribution in [3.05, 3.63) is 17.0 Å². The minimum absolute atomic E-state index is 0.464. The number of rotatable bonds is 2. The number of oxime groups is 1. The van der Waals surface area contributed by atoms with Crippen molar-refractivity contribution in [1.82, 2.24) is 9.78 Å². The van der Waals surface area contributed by atoms with Gasteiger partial charge < -0.3 is 4.84 Å². The third-order valence-electron chi connectivity index (χ3n) is 3.70. The molecule has 142 valence electrons. The van der Waals surface area contributed by atoms with E-state index >= 15 is 0 Å². The Hall–Kier alpha value is -1.79. The summed E-state index contributed by atoms with van der Waals surface area (Å²) in [7, 11) is -5.00. The Morgan fingerprint density at radius 1 is 1.20 bits per heavy atom. The van der Waals surface area contributed by atoms with Crippen molar-refractivity contribution < 1.29 is 39.6 Å². The summed E-state index contributed by atoms with van der Waals surface area (Å²) in [4.78, 5) is 4.47. The number of alkyl halides is 6. The first-order valence-electron chi connectivity index (χ1n) is 6.69. The van der Waals surface area contributed by atoms with Gasteiger partial charge in [0, 0.05) is 12.7 Å². The predicted molar refractivity (Wildman–Crippen MR) is 73.3 cm³/mol. The maximum absolute atomic E-state index is 14.6. The highest BCUT2D eigenvalue weighted by Crippen LogP contribution is 2.45. The maximum Gasteiger partial charge on any atom is 0.435 e. The number of aromatic nitrogens is 2. The van der Waals surface area contributed by atoms with E-state index in [9.17, 15) is 34.8 Å². The van der Waals surface area contributed by atoms with E-state index in [1.807, 2.05) is 0 Å². The first-order chi connectivity index (χ1) is 11.0. The van der Waals surface area contributed by atoms with E-state index in [-0.39, 0.29) is 0 Å². The summed E-state index contributed by atoms with van der Waals surface area (Å²) in [5.74, 6) is 0. The topological polar surface area (TPSA) is 73.6 Å². The number of halogens is 6. The lowest BCUT2D eigenvalue weighted by atomic mass is 10.1. The molecule has 2 rings (SSSR count). The van der Waals surface area contributed by atoms with Crippen LogP contribution in [-0.4, -0.2) is 35.0 Å². The van der Waals surface area contributed by atoms with Crippen LogP contribution in [0.3, 0.4) is 0 Å². The lowest BCUT2D eigenvalue weighted by molar-refractivity contribution is -0.143. The molecule has 0 saturated carbocycles. The zero-order valence-corrected chi connectivity index (χ0v) is 14.1. The standard InChI is InChI=1S/C12H13F6N3O3S/c1-5-6(8(11(14,15)16)19-21(5)4)12(17,18)25(22,23)9-7(13)10(2,3)24-20-9/h7H,1-4H3. The summed E-state index contributed by atoms with van der Waals surface area (Å²) in [5, 5.41) is -1.05. The molecular weight excluding hydrogens is 380 g/mol. The summed E-state index contributed by atoms with van der Waals surface area (Å²) in [6.07, 6.45) is -7.92. The molecule has 2 heterocycles. The molecule has 1 aliphatic rings. The van der Waals surface area contributed by atoms with E-state index in [4.69, 9.17) is 0 Å². The van der Waals surface area contributed by atoms with Crippen LogP contribution in [0.4, 0.5) is 26.3 Å². The van der Waals surface area contributed by atoms with Crippen molar-refractivity contribution in [2.45, 2.75) is 44.0 Å². The van der Waals surface area contributed by atoms with Crippen LogP contribution in [0.1, 0.15) is 30.8 Å². The van der Waals surface area contributed by atoms with Gasteiger partial charge in [0.1, 0.15) is 0 Å². The quantitative estimate of drug-likeness (QED) is 0.725. The van der Waals surface area contributed by atoms with Crippen molar-refractivity contribution in [1.29, 1.82) is 0 Å². The van der Waals surface area contributed by atoms with Crippen LogP contribution < -0.4 is 0 Å². The highest BCUT2D eigenvalue weighted by Gasteiger charge is 2.61. The van der Waals surface area contributed by atoms with Gasteiger partial charge in [-0.2, -0.15) is 27.1 Å². The Labute approximate surface area is 138 Å². The SMILES string of the molecule is Cc1c(C(F)(F)S(=O)(=O)C2=NOC(C)(C)C2F)c(C(F)(F)F)nn1C. The van der Waals surface area contributed by atoms with E-state index in [1.54, 1.807) is 0 Å². The van der Waals surface area contributed by atoms with Gasteiger partial charge in [-0.05, 0) is 20.8 Å². The Balaban J connectivity index is 2.68. The first kappa shape index (κ1) is 19.5. The molecule has 0 saturated heterocycles. The molecular formula is C12H13F6N3O3S. The van der Waals surface area contributed by atoms with E-state index in [0.717, 1.165) is 27.8 Å². The van der Waals surface area contributed by atoms with Crippen LogP contribution in [0.25, 0.3) is 0 Å². The van der Waals surface area contributed by atoms with Crippen LogP contribution in [0.2, 0.25) is 0 Å². The fraction of sp³-hybridized carbons (Fsp3) is 0.667. The van der Waals surface area contributed by atoms with Crippen LogP contribution in [0, 0.1) is 6.92 Å². The monoisotopic (exact) mass is 393 g/mol. The maximum atomic E-state index is 14.6. The number of aryl methyl sites for hydroxylation is 1. The van der Waals surface area contributed by atoms with Gasteiger partial charge in [0.05, 0.1) is 5.56 Å². The molecule has 0 bridgehead atoms. The Morgan fingerprint density at radius 3 is 2.12 bits per heavy atom. The van der Waals surface area contributed by atoms with Gasteiger partial charge in [0.15, 0.2) is 17.5 Å². The van der Waals surface area contributed by atoms with Gasteiger partial charge >= 0.3 is 11.4 Å². The third-order valence-corrected chi connectivity index (χ3v) is 5.42. The number of hydrogen-bond donors (Lipinski definition) is 0.